The average molecular weight is 382 g/mol. The maximum absolute atomic E-state index is 13.6. The Balaban J connectivity index is 1.49. The van der Waals surface area contributed by atoms with Gasteiger partial charge < -0.3 is 14.5 Å². The molecule has 0 N–H and O–H groups in total. The molecular weight excluding hydrogens is 359 g/mol. The fourth-order valence-electron chi connectivity index (χ4n) is 3.11. The van der Waals surface area contributed by atoms with Crippen LogP contribution in [0.1, 0.15) is 12.5 Å². The van der Waals surface area contributed by atoms with Crippen LogP contribution in [0.15, 0.2) is 60.7 Å². The van der Waals surface area contributed by atoms with Gasteiger partial charge in [-0.15, -0.1) is 0 Å². The summed E-state index contributed by atoms with van der Waals surface area (Å²) in [6.45, 7) is 4.15. The second kappa shape index (κ2) is 9.17. The SMILES string of the molecule is C[C@@H](OC(=O)/C=C/c1ccccc1F)C(=O)N1CCN(c2ccccc2)CC1. The fraction of sp³-hybridized carbons (Fsp3) is 0.273. The van der Waals surface area contributed by atoms with Gasteiger partial charge in [0.25, 0.3) is 5.91 Å². The molecule has 1 heterocycles. The lowest BCUT2D eigenvalue weighted by Crippen LogP contribution is -2.51. The second-order valence-corrected chi connectivity index (χ2v) is 6.58. The van der Waals surface area contributed by atoms with Crippen LogP contribution >= 0.6 is 0 Å². The first kappa shape index (κ1) is 19.6. The number of para-hydroxylation sites is 1. The Morgan fingerprint density at radius 1 is 1.00 bits per heavy atom. The number of carbonyl (C=O) groups is 2. The monoisotopic (exact) mass is 382 g/mol. The van der Waals surface area contributed by atoms with Gasteiger partial charge in [0.15, 0.2) is 6.10 Å². The Morgan fingerprint density at radius 2 is 1.64 bits per heavy atom. The number of ether oxygens (including phenoxy) is 1. The predicted molar refractivity (Wildman–Crippen MR) is 106 cm³/mol. The third kappa shape index (κ3) is 4.97. The van der Waals surface area contributed by atoms with E-state index in [1.807, 2.05) is 30.3 Å². The van der Waals surface area contributed by atoms with E-state index >= 15 is 0 Å². The lowest BCUT2D eigenvalue weighted by atomic mass is 10.2. The van der Waals surface area contributed by atoms with Crippen molar-refractivity contribution in [2.45, 2.75) is 13.0 Å². The highest BCUT2D eigenvalue weighted by Gasteiger charge is 2.26. The summed E-state index contributed by atoms with van der Waals surface area (Å²) >= 11 is 0. The second-order valence-electron chi connectivity index (χ2n) is 6.58. The first-order valence-electron chi connectivity index (χ1n) is 9.26. The maximum atomic E-state index is 13.6. The van der Waals surface area contributed by atoms with Crippen LogP contribution in [-0.2, 0) is 14.3 Å². The Bertz CT molecular complexity index is 846. The van der Waals surface area contributed by atoms with E-state index in [1.165, 1.54) is 12.1 Å². The van der Waals surface area contributed by atoms with E-state index in [4.69, 9.17) is 4.74 Å². The van der Waals surface area contributed by atoms with Crippen molar-refractivity contribution in [1.82, 2.24) is 4.90 Å². The van der Waals surface area contributed by atoms with E-state index in [0.717, 1.165) is 24.9 Å². The minimum absolute atomic E-state index is 0.222. The van der Waals surface area contributed by atoms with Crippen LogP contribution in [-0.4, -0.2) is 49.1 Å². The molecule has 3 rings (SSSR count). The van der Waals surface area contributed by atoms with Crippen LogP contribution < -0.4 is 4.90 Å². The molecule has 2 aromatic carbocycles. The van der Waals surface area contributed by atoms with Crippen molar-refractivity contribution in [2.75, 3.05) is 31.1 Å². The maximum Gasteiger partial charge on any atom is 0.331 e. The summed E-state index contributed by atoms with van der Waals surface area (Å²) in [5.74, 6) is -1.32. The highest BCUT2D eigenvalue weighted by atomic mass is 19.1. The highest BCUT2D eigenvalue weighted by Crippen LogP contribution is 2.16. The number of piperazine rings is 1. The van der Waals surface area contributed by atoms with Crippen molar-refractivity contribution in [3.8, 4) is 0 Å². The van der Waals surface area contributed by atoms with E-state index in [9.17, 15) is 14.0 Å². The Morgan fingerprint density at radius 3 is 2.32 bits per heavy atom. The van der Waals surface area contributed by atoms with Gasteiger partial charge >= 0.3 is 5.97 Å². The normalized spacial score (nSPS) is 15.5. The van der Waals surface area contributed by atoms with Gasteiger partial charge in [-0.3, -0.25) is 4.79 Å². The van der Waals surface area contributed by atoms with Crippen LogP contribution in [0.25, 0.3) is 6.08 Å². The molecule has 0 saturated carbocycles. The molecule has 1 aliphatic heterocycles. The molecule has 2 aromatic rings. The van der Waals surface area contributed by atoms with Crippen molar-refractivity contribution in [1.29, 1.82) is 0 Å². The summed E-state index contributed by atoms with van der Waals surface area (Å²) in [5, 5.41) is 0. The quantitative estimate of drug-likeness (QED) is 0.589. The summed E-state index contributed by atoms with van der Waals surface area (Å²) in [4.78, 5) is 28.4. The number of esters is 1. The van der Waals surface area contributed by atoms with E-state index in [1.54, 1.807) is 30.0 Å². The number of amides is 1. The average Bonchev–Trinajstić information content (AvgIpc) is 2.73. The summed E-state index contributed by atoms with van der Waals surface area (Å²) in [7, 11) is 0. The molecule has 0 aliphatic carbocycles. The van der Waals surface area contributed by atoms with Crippen molar-refractivity contribution in [2.24, 2.45) is 0 Å². The molecule has 5 nitrogen and oxygen atoms in total. The van der Waals surface area contributed by atoms with Gasteiger partial charge in [-0.2, -0.15) is 0 Å². The molecular formula is C22H23FN2O3. The summed E-state index contributed by atoms with van der Waals surface area (Å²) in [5.41, 5.74) is 1.42. The molecule has 1 fully saturated rings. The minimum atomic E-state index is -0.888. The van der Waals surface area contributed by atoms with Gasteiger partial charge in [-0.05, 0) is 31.2 Å². The molecule has 1 amide bonds. The largest absolute Gasteiger partial charge is 0.449 e. The van der Waals surface area contributed by atoms with Crippen molar-refractivity contribution in [3.05, 3.63) is 72.1 Å². The van der Waals surface area contributed by atoms with Gasteiger partial charge in [-0.1, -0.05) is 36.4 Å². The van der Waals surface area contributed by atoms with Crippen molar-refractivity contribution >= 4 is 23.6 Å². The minimum Gasteiger partial charge on any atom is -0.449 e. The molecule has 0 bridgehead atoms. The van der Waals surface area contributed by atoms with E-state index in [0.29, 0.717) is 13.1 Å². The van der Waals surface area contributed by atoms with Gasteiger partial charge in [0.1, 0.15) is 5.82 Å². The highest BCUT2D eigenvalue weighted by molar-refractivity contribution is 5.90. The van der Waals surface area contributed by atoms with Crippen LogP contribution in [0.5, 0.6) is 0 Å². The third-order valence-corrected chi connectivity index (χ3v) is 4.66. The van der Waals surface area contributed by atoms with Gasteiger partial charge in [-0.25, -0.2) is 9.18 Å². The first-order chi connectivity index (χ1) is 13.5. The molecule has 6 heteroatoms. The molecule has 0 radical (unpaired) electrons. The zero-order valence-electron chi connectivity index (χ0n) is 15.8. The number of benzene rings is 2. The van der Waals surface area contributed by atoms with E-state index in [-0.39, 0.29) is 11.5 Å². The number of anilines is 1. The predicted octanol–water partition coefficient (Wildman–Crippen LogP) is 3.12. The molecule has 1 saturated heterocycles. The van der Waals surface area contributed by atoms with E-state index in [2.05, 4.69) is 4.90 Å². The number of halogens is 1. The fourth-order valence-corrected chi connectivity index (χ4v) is 3.11. The molecule has 0 aromatic heterocycles. The molecule has 0 unspecified atom stereocenters. The molecule has 28 heavy (non-hydrogen) atoms. The topological polar surface area (TPSA) is 49.9 Å². The smallest absolute Gasteiger partial charge is 0.331 e. The van der Waals surface area contributed by atoms with Crippen molar-refractivity contribution in [3.63, 3.8) is 0 Å². The third-order valence-electron chi connectivity index (χ3n) is 4.66. The standard InChI is InChI=1S/C22H23FN2O3/c1-17(28-21(26)12-11-18-7-5-6-10-20(18)23)22(27)25-15-13-24(14-16-25)19-8-3-2-4-9-19/h2-12,17H,13-16H2,1H3/b12-11+/t17-/m1/s1. The van der Waals surface area contributed by atoms with Gasteiger partial charge in [0, 0.05) is 43.5 Å². The molecule has 1 aliphatic rings. The Labute approximate surface area is 164 Å². The van der Waals surface area contributed by atoms with Crippen LogP contribution in [0, 0.1) is 5.82 Å². The summed E-state index contributed by atoms with van der Waals surface area (Å²) < 4.78 is 18.7. The van der Waals surface area contributed by atoms with Crippen LogP contribution in [0.3, 0.4) is 0 Å². The Kier molecular flexibility index (Phi) is 6.42. The molecule has 146 valence electrons. The van der Waals surface area contributed by atoms with Crippen LogP contribution in [0.2, 0.25) is 0 Å². The summed E-state index contributed by atoms with van der Waals surface area (Å²) in [6, 6.07) is 16.2. The number of rotatable bonds is 5. The summed E-state index contributed by atoms with van der Waals surface area (Å²) in [6.07, 6.45) is 1.59. The Hall–Kier alpha value is -3.15. The lowest BCUT2D eigenvalue weighted by molar-refractivity contribution is -0.155. The zero-order chi connectivity index (χ0) is 19.9. The lowest BCUT2D eigenvalue weighted by Gasteiger charge is -2.36. The number of hydrogen-bond acceptors (Lipinski definition) is 4. The van der Waals surface area contributed by atoms with Crippen LogP contribution in [0.4, 0.5) is 10.1 Å². The first-order valence-corrected chi connectivity index (χ1v) is 9.26. The molecule has 1 atom stereocenters. The van der Waals surface area contributed by atoms with Gasteiger partial charge in [0.2, 0.25) is 0 Å². The molecule has 0 spiro atoms. The number of hydrogen-bond donors (Lipinski definition) is 0. The van der Waals surface area contributed by atoms with Crippen molar-refractivity contribution < 1.29 is 18.7 Å². The van der Waals surface area contributed by atoms with E-state index < -0.39 is 17.9 Å². The number of carbonyl (C=O) groups excluding carboxylic acids is 2. The number of nitrogens with zero attached hydrogens (tertiary/aromatic N) is 2. The zero-order valence-corrected chi connectivity index (χ0v) is 15.8. The van der Waals surface area contributed by atoms with Gasteiger partial charge in [0.05, 0.1) is 0 Å².